The van der Waals surface area contributed by atoms with E-state index < -0.39 is 5.41 Å². The number of para-hydroxylation sites is 1. The Morgan fingerprint density at radius 1 is 0.650 bits per heavy atom. The van der Waals surface area contributed by atoms with Gasteiger partial charge in [-0.05, 0) is 111 Å². The molecule has 0 saturated heterocycles. The van der Waals surface area contributed by atoms with Gasteiger partial charge in [0.05, 0.1) is 11.1 Å². The Hall–Kier alpha value is -7.08. The number of fused-ring (bicyclic) bond motifs is 6. The van der Waals surface area contributed by atoms with Crippen molar-refractivity contribution < 1.29 is 5.11 Å². The molecule has 2 heteroatoms. The molecule has 1 N–H and O–H groups in total. The lowest BCUT2D eigenvalue weighted by atomic mass is 9.61. The van der Waals surface area contributed by atoms with Gasteiger partial charge < -0.3 is 10.0 Å². The summed E-state index contributed by atoms with van der Waals surface area (Å²) in [6.45, 7) is 4.71. The average Bonchev–Trinajstić information content (AvgIpc) is 3.75. The number of anilines is 2. The monoisotopic (exact) mass is 771 g/mol. The zero-order valence-electron chi connectivity index (χ0n) is 33.9. The van der Waals surface area contributed by atoms with E-state index >= 15 is 0 Å². The highest BCUT2D eigenvalue weighted by atomic mass is 16.3. The highest BCUT2D eigenvalue weighted by molar-refractivity contribution is 5.90. The Labute approximate surface area is 353 Å². The summed E-state index contributed by atoms with van der Waals surface area (Å²) in [5.74, 6) is 0.517. The van der Waals surface area contributed by atoms with Gasteiger partial charge in [0.25, 0.3) is 0 Å². The molecule has 0 heterocycles. The Morgan fingerprint density at radius 2 is 1.40 bits per heavy atom. The largest absolute Gasteiger partial charge is 0.507 e. The number of hydrogen-bond acceptors (Lipinski definition) is 2. The van der Waals surface area contributed by atoms with E-state index in [0.717, 1.165) is 46.6 Å². The van der Waals surface area contributed by atoms with Crippen molar-refractivity contribution in [3.8, 4) is 39.1 Å². The molecule has 0 amide bonds. The molecule has 2 nitrogen and oxygen atoms in total. The molecule has 4 aliphatic rings. The first-order chi connectivity index (χ1) is 29.5. The molecule has 4 aliphatic carbocycles. The molecule has 0 fully saturated rings. The van der Waals surface area contributed by atoms with Gasteiger partial charge in [-0.25, -0.2) is 0 Å². The molecule has 3 unspecified atom stereocenters. The van der Waals surface area contributed by atoms with Crippen LogP contribution in [0, 0.1) is 18.1 Å². The molecule has 0 spiro atoms. The fraction of sp³-hybridized carbons (Fsp3) is 0.138. The maximum Gasteiger partial charge on any atom is 0.123 e. The standard InChI is InChI=1S/C58H45NO/c1-57(2)50-27-15-12-25-47(50)48-35-34-44(38-52(48)57)59(53-29-17-14-24-45(53)39-18-6-3-7-19-39)43-32-30-40(31-33-43)46-36-37-54(60)55-49-26-13-16-28-51(49)58(56(46)55,41-20-8-4-9-21-41)42-22-10-5-11-23-42/h3-10,12-20,22,24-30,32-38,40-41,60H,21,31H2,1-2H3. The minimum atomic E-state index is -0.563. The first-order valence-corrected chi connectivity index (χ1v) is 21.2. The zero-order valence-corrected chi connectivity index (χ0v) is 33.9. The lowest BCUT2D eigenvalue weighted by Gasteiger charge is -2.40. The molecule has 0 bridgehead atoms. The van der Waals surface area contributed by atoms with Crippen molar-refractivity contribution in [1.82, 2.24) is 0 Å². The minimum Gasteiger partial charge on any atom is -0.507 e. The summed E-state index contributed by atoms with van der Waals surface area (Å²) in [6, 6.07) is 61.3. The number of benzene rings is 6. The number of phenols is 1. The Kier molecular flexibility index (Phi) is 8.43. The van der Waals surface area contributed by atoms with E-state index in [1.807, 2.05) is 12.1 Å². The highest BCUT2D eigenvalue weighted by Crippen LogP contribution is 2.62. The van der Waals surface area contributed by atoms with Crippen LogP contribution >= 0.6 is 0 Å². The first kappa shape index (κ1) is 36.0. The van der Waals surface area contributed by atoms with E-state index in [2.05, 4.69) is 213 Å². The van der Waals surface area contributed by atoms with Crippen LogP contribution in [0.3, 0.4) is 0 Å². The van der Waals surface area contributed by atoms with Gasteiger partial charge in [0, 0.05) is 39.4 Å². The van der Waals surface area contributed by atoms with Crippen LogP contribution in [-0.4, -0.2) is 5.11 Å². The lowest BCUT2D eigenvalue weighted by Crippen LogP contribution is -2.36. The van der Waals surface area contributed by atoms with Crippen molar-refractivity contribution in [3.63, 3.8) is 0 Å². The predicted molar refractivity (Wildman–Crippen MR) is 247 cm³/mol. The summed E-state index contributed by atoms with van der Waals surface area (Å²) in [4.78, 5) is 2.46. The second-order valence-corrected chi connectivity index (χ2v) is 17.1. The smallest absolute Gasteiger partial charge is 0.123 e. The minimum absolute atomic E-state index is 0.0762. The van der Waals surface area contributed by atoms with Crippen molar-refractivity contribution in [2.24, 2.45) is 5.92 Å². The summed E-state index contributed by atoms with van der Waals surface area (Å²) in [5, 5.41) is 11.8. The highest BCUT2D eigenvalue weighted by Gasteiger charge is 2.52. The molecule has 60 heavy (non-hydrogen) atoms. The summed E-state index contributed by atoms with van der Waals surface area (Å²) in [5.41, 5.74) is 17.2. The molecule has 288 valence electrons. The summed E-state index contributed by atoms with van der Waals surface area (Å²) >= 11 is 0. The lowest BCUT2D eigenvalue weighted by molar-refractivity contribution is 0.448. The van der Waals surface area contributed by atoms with E-state index in [-0.39, 0.29) is 17.3 Å². The Morgan fingerprint density at radius 3 is 2.17 bits per heavy atom. The van der Waals surface area contributed by atoms with Gasteiger partial charge in [0.1, 0.15) is 5.75 Å². The molecular weight excluding hydrogens is 727 g/mol. The van der Waals surface area contributed by atoms with Gasteiger partial charge in [-0.1, -0.05) is 178 Å². The van der Waals surface area contributed by atoms with Gasteiger partial charge in [-0.3, -0.25) is 0 Å². The molecule has 7 aromatic rings. The number of phenolic OH excluding ortho intramolecular Hbond substituents is 1. The normalized spacial score (nSPS) is 20.1. The number of hydrogen-bond donors (Lipinski definition) is 1. The van der Waals surface area contributed by atoms with Crippen LogP contribution in [-0.2, 0) is 10.8 Å². The van der Waals surface area contributed by atoms with Crippen LogP contribution in [0.2, 0.25) is 0 Å². The zero-order chi connectivity index (χ0) is 40.4. The quantitative estimate of drug-likeness (QED) is 0.174. The van der Waals surface area contributed by atoms with Gasteiger partial charge in [-0.2, -0.15) is 0 Å². The van der Waals surface area contributed by atoms with E-state index in [9.17, 15) is 5.11 Å². The van der Waals surface area contributed by atoms with Crippen LogP contribution in [0.4, 0.5) is 11.4 Å². The number of aromatic hydroxyl groups is 1. The second kappa shape index (κ2) is 14.0. The maximum atomic E-state index is 11.8. The molecule has 7 aromatic carbocycles. The maximum absolute atomic E-state index is 11.8. The van der Waals surface area contributed by atoms with Crippen molar-refractivity contribution in [3.05, 3.63) is 245 Å². The Balaban J connectivity index is 1.06. The number of nitrogens with zero attached hydrogens (tertiary/aromatic N) is 1. The van der Waals surface area contributed by atoms with E-state index in [4.69, 9.17) is 0 Å². The molecule has 0 saturated carbocycles. The van der Waals surface area contributed by atoms with Crippen molar-refractivity contribution in [1.29, 1.82) is 0 Å². The molecule has 11 rings (SSSR count). The SMILES string of the molecule is CC1(C)c2ccccc2-c2ccc(N(C3=CCC(c4ccc(O)c5c4C(c4c#cccc4)(C4C=CC=CC4)c4ccccc4-5)C=C3)c3ccccc3-c3ccccc3)cc21. The van der Waals surface area contributed by atoms with Crippen LogP contribution in [0.5, 0.6) is 5.75 Å². The number of rotatable bonds is 7. The van der Waals surface area contributed by atoms with Crippen molar-refractivity contribution >= 4 is 11.4 Å². The molecule has 0 aromatic heterocycles. The topological polar surface area (TPSA) is 23.5 Å². The molecule has 0 radical (unpaired) electrons. The second-order valence-electron chi connectivity index (χ2n) is 17.1. The van der Waals surface area contributed by atoms with Crippen LogP contribution in [0.25, 0.3) is 33.4 Å². The molecule has 0 aliphatic heterocycles. The van der Waals surface area contributed by atoms with E-state index in [0.29, 0.717) is 5.75 Å². The predicted octanol–water partition coefficient (Wildman–Crippen LogP) is 14.2. The molecular formula is C58H45NO. The fourth-order valence-corrected chi connectivity index (χ4v) is 10.9. The molecule has 3 atom stereocenters. The third-order valence-electron chi connectivity index (χ3n) is 13.6. The van der Waals surface area contributed by atoms with Gasteiger partial charge in [0.2, 0.25) is 0 Å². The van der Waals surface area contributed by atoms with Gasteiger partial charge in [-0.15, -0.1) is 0 Å². The van der Waals surface area contributed by atoms with Crippen LogP contribution in [0.15, 0.2) is 200 Å². The fourth-order valence-electron chi connectivity index (χ4n) is 10.9. The average molecular weight is 772 g/mol. The van der Waals surface area contributed by atoms with Crippen molar-refractivity contribution in [2.75, 3.05) is 4.90 Å². The van der Waals surface area contributed by atoms with Gasteiger partial charge >= 0.3 is 0 Å². The van der Waals surface area contributed by atoms with Gasteiger partial charge in [0.15, 0.2) is 0 Å². The third-order valence-corrected chi connectivity index (χ3v) is 13.6. The first-order valence-electron chi connectivity index (χ1n) is 21.2. The van der Waals surface area contributed by atoms with E-state index in [1.54, 1.807) is 0 Å². The summed E-state index contributed by atoms with van der Waals surface area (Å²) in [7, 11) is 0. The van der Waals surface area contributed by atoms with Crippen LogP contribution in [0.1, 0.15) is 66.0 Å². The number of allylic oxidation sites excluding steroid dienone is 7. The summed E-state index contributed by atoms with van der Waals surface area (Å²) < 4.78 is 0. The van der Waals surface area contributed by atoms with E-state index in [1.165, 1.54) is 50.1 Å². The van der Waals surface area contributed by atoms with Crippen molar-refractivity contribution in [2.45, 2.75) is 43.4 Å². The third kappa shape index (κ3) is 5.36. The summed E-state index contributed by atoms with van der Waals surface area (Å²) in [6.07, 6.45) is 17.8. The van der Waals surface area contributed by atoms with Crippen LogP contribution < -0.4 is 4.90 Å². The Bertz CT molecular complexity index is 2930.